The summed E-state index contributed by atoms with van der Waals surface area (Å²) in [7, 11) is 0. The fourth-order valence-electron chi connectivity index (χ4n) is 2.27. The molecule has 3 aromatic carbocycles. The lowest BCUT2D eigenvalue weighted by molar-refractivity contribution is 0.0696. The Morgan fingerprint density at radius 1 is 0.714 bits per heavy atom. The third-order valence-corrected chi connectivity index (χ3v) is 3.85. The van der Waals surface area contributed by atoms with Crippen LogP contribution in [0.2, 0.25) is 0 Å². The number of rotatable bonds is 4. The standard InChI is InChI=1S/C9H8O2.C9H10.C8H8/c1-2-7-5-3-4-6-8(7)9(10)11;1-3-9-7-5-4-6-8(9)2;1-2-8-6-4-3-5-7-8/h2-6H,1H2,(H,10,11);3-7H,1H2,2H3;2-7H,1H2. The van der Waals surface area contributed by atoms with Gasteiger partial charge in [-0.3, -0.25) is 0 Å². The molecule has 3 aromatic rings. The van der Waals surface area contributed by atoms with Crippen molar-refractivity contribution in [1.29, 1.82) is 0 Å². The molecule has 0 heterocycles. The van der Waals surface area contributed by atoms with Crippen LogP contribution in [0.15, 0.2) is 98.6 Å². The van der Waals surface area contributed by atoms with Crippen molar-refractivity contribution in [2.45, 2.75) is 6.92 Å². The molecule has 142 valence electrons. The number of hydrogen-bond donors (Lipinski definition) is 1. The van der Waals surface area contributed by atoms with Gasteiger partial charge in [0, 0.05) is 0 Å². The molecule has 0 unspecified atom stereocenters. The van der Waals surface area contributed by atoms with Crippen LogP contribution in [0.3, 0.4) is 0 Å². The number of carbonyl (C=O) groups is 1. The first kappa shape index (κ1) is 22.4. The van der Waals surface area contributed by atoms with Gasteiger partial charge in [0.05, 0.1) is 5.56 Å². The van der Waals surface area contributed by atoms with Crippen molar-refractivity contribution in [1.82, 2.24) is 0 Å². The van der Waals surface area contributed by atoms with Crippen molar-refractivity contribution in [3.05, 3.63) is 126 Å². The van der Waals surface area contributed by atoms with E-state index in [1.807, 2.05) is 54.6 Å². The van der Waals surface area contributed by atoms with Crippen LogP contribution < -0.4 is 0 Å². The summed E-state index contributed by atoms with van der Waals surface area (Å²) in [6, 6.07) is 25.0. The Hall–Kier alpha value is -3.65. The summed E-state index contributed by atoms with van der Waals surface area (Å²) in [5.74, 6) is -0.916. The van der Waals surface area contributed by atoms with Gasteiger partial charge in [0.25, 0.3) is 0 Å². The van der Waals surface area contributed by atoms with E-state index in [1.54, 1.807) is 24.3 Å². The Morgan fingerprint density at radius 2 is 1.21 bits per heavy atom. The molecule has 0 aromatic heterocycles. The van der Waals surface area contributed by atoms with E-state index >= 15 is 0 Å². The van der Waals surface area contributed by atoms with E-state index in [0.29, 0.717) is 11.1 Å². The molecule has 0 radical (unpaired) electrons. The molecule has 0 saturated heterocycles. The Morgan fingerprint density at radius 3 is 1.61 bits per heavy atom. The fraction of sp³-hybridized carbons (Fsp3) is 0.0385. The predicted molar refractivity (Wildman–Crippen MR) is 121 cm³/mol. The largest absolute Gasteiger partial charge is 0.478 e. The van der Waals surface area contributed by atoms with E-state index in [9.17, 15) is 4.79 Å². The number of aryl methyl sites for hydroxylation is 1. The monoisotopic (exact) mass is 370 g/mol. The molecular weight excluding hydrogens is 344 g/mol. The molecule has 28 heavy (non-hydrogen) atoms. The highest BCUT2D eigenvalue weighted by Crippen LogP contribution is 2.09. The predicted octanol–water partition coefficient (Wildman–Crippen LogP) is 7.00. The first-order valence-electron chi connectivity index (χ1n) is 8.83. The SMILES string of the molecule is C=Cc1ccccc1.C=Cc1ccccc1C.C=Cc1ccccc1C(=O)O. The molecule has 0 aliphatic rings. The average Bonchev–Trinajstić information content (AvgIpc) is 2.75. The summed E-state index contributed by atoms with van der Waals surface area (Å²) in [4.78, 5) is 10.5. The number of carboxylic acid groups (broad SMARTS) is 1. The van der Waals surface area contributed by atoms with Crippen LogP contribution in [-0.2, 0) is 0 Å². The van der Waals surface area contributed by atoms with Crippen LogP contribution >= 0.6 is 0 Å². The number of aromatic carboxylic acids is 1. The van der Waals surface area contributed by atoms with E-state index < -0.39 is 5.97 Å². The van der Waals surface area contributed by atoms with Gasteiger partial charge in [-0.15, -0.1) is 0 Å². The molecule has 2 heteroatoms. The molecule has 0 atom stereocenters. The van der Waals surface area contributed by atoms with Crippen molar-refractivity contribution < 1.29 is 9.90 Å². The van der Waals surface area contributed by atoms with Gasteiger partial charge in [-0.25, -0.2) is 4.79 Å². The Kier molecular flexibility index (Phi) is 10.1. The highest BCUT2D eigenvalue weighted by molar-refractivity contribution is 5.91. The molecule has 3 rings (SSSR count). The van der Waals surface area contributed by atoms with Crippen molar-refractivity contribution >= 4 is 24.2 Å². The fourth-order valence-corrected chi connectivity index (χ4v) is 2.27. The van der Waals surface area contributed by atoms with Crippen LogP contribution in [0.1, 0.15) is 32.6 Å². The summed E-state index contributed by atoms with van der Waals surface area (Å²) in [5, 5.41) is 8.65. The molecule has 0 fully saturated rings. The number of carboxylic acids is 1. The maximum Gasteiger partial charge on any atom is 0.336 e. The van der Waals surface area contributed by atoms with Gasteiger partial charge < -0.3 is 5.11 Å². The lowest BCUT2D eigenvalue weighted by Gasteiger charge is -1.97. The molecule has 0 bridgehead atoms. The maximum absolute atomic E-state index is 10.5. The third kappa shape index (κ3) is 7.71. The summed E-state index contributed by atoms with van der Waals surface area (Å²) in [6.07, 6.45) is 5.23. The van der Waals surface area contributed by atoms with E-state index in [4.69, 9.17) is 5.11 Å². The van der Waals surface area contributed by atoms with Gasteiger partial charge in [-0.2, -0.15) is 0 Å². The van der Waals surface area contributed by atoms with E-state index in [1.165, 1.54) is 22.8 Å². The minimum atomic E-state index is -0.916. The smallest absolute Gasteiger partial charge is 0.336 e. The zero-order valence-electron chi connectivity index (χ0n) is 16.2. The highest BCUT2D eigenvalue weighted by atomic mass is 16.4. The van der Waals surface area contributed by atoms with E-state index in [-0.39, 0.29) is 0 Å². The highest BCUT2D eigenvalue weighted by Gasteiger charge is 2.04. The summed E-state index contributed by atoms with van der Waals surface area (Å²) in [6.45, 7) is 12.9. The molecule has 0 amide bonds. The van der Waals surface area contributed by atoms with Crippen molar-refractivity contribution in [2.24, 2.45) is 0 Å². The Balaban J connectivity index is 0.000000213. The topological polar surface area (TPSA) is 37.3 Å². The van der Waals surface area contributed by atoms with E-state index in [0.717, 1.165) is 0 Å². The van der Waals surface area contributed by atoms with Crippen molar-refractivity contribution in [3.8, 4) is 0 Å². The second-order valence-electron chi connectivity index (χ2n) is 5.77. The Labute approximate surface area is 167 Å². The molecule has 0 aliphatic carbocycles. The van der Waals surface area contributed by atoms with Gasteiger partial charge in [-0.05, 0) is 35.2 Å². The minimum Gasteiger partial charge on any atom is -0.478 e. The van der Waals surface area contributed by atoms with Gasteiger partial charge in [0.1, 0.15) is 0 Å². The minimum absolute atomic E-state index is 0.294. The molecule has 1 N–H and O–H groups in total. The molecule has 0 saturated carbocycles. The Bertz CT molecular complexity index is 908. The summed E-state index contributed by atoms with van der Waals surface area (Å²) in [5.41, 5.74) is 4.63. The normalized spacial score (nSPS) is 8.89. The van der Waals surface area contributed by atoms with Crippen molar-refractivity contribution in [3.63, 3.8) is 0 Å². The molecule has 0 spiro atoms. The zero-order valence-corrected chi connectivity index (χ0v) is 16.2. The van der Waals surface area contributed by atoms with Crippen LogP contribution in [-0.4, -0.2) is 11.1 Å². The first-order chi connectivity index (χ1) is 13.5. The zero-order chi connectivity index (χ0) is 20.8. The van der Waals surface area contributed by atoms with Crippen molar-refractivity contribution in [2.75, 3.05) is 0 Å². The molecular formula is C26H26O2. The van der Waals surface area contributed by atoms with Crippen LogP contribution in [0, 0.1) is 6.92 Å². The van der Waals surface area contributed by atoms with Crippen LogP contribution in [0.5, 0.6) is 0 Å². The van der Waals surface area contributed by atoms with Gasteiger partial charge in [0.2, 0.25) is 0 Å². The molecule has 2 nitrogen and oxygen atoms in total. The summed E-state index contributed by atoms with van der Waals surface area (Å²) < 4.78 is 0. The first-order valence-corrected chi connectivity index (χ1v) is 8.83. The lowest BCUT2D eigenvalue weighted by Crippen LogP contribution is -1.98. The maximum atomic E-state index is 10.5. The second kappa shape index (κ2) is 12.7. The van der Waals surface area contributed by atoms with E-state index in [2.05, 4.69) is 38.8 Å². The van der Waals surface area contributed by atoms with Gasteiger partial charge in [0.15, 0.2) is 0 Å². The van der Waals surface area contributed by atoms with Crippen LogP contribution in [0.25, 0.3) is 18.2 Å². The van der Waals surface area contributed by atoms with Gasteiger partial charge in [-0.1, -0.05) is 111 Å². The quantitative estimate of drug-likeness (QED) is 0.537. The number of benzene rings is 3. The second-order valence-corrected chi connectivity index (χ2v) is 5.77. The average molecular weight is 370 g/mol. The molecule has 0 aliphatic heterocycles. The van der Waals surface area contributed by atoms with Gasteiger partial charge >= 0.3 is 5.97 Å². The summed E-state index contributed by atoms with van der Waals surface area (Å²) >= 11 is 0. The lowest BCUT2D eigenvalue weighted by atomic mass is 10.1. The van der Waals surface area contributed by atoms with Crippen LogP contribution in [0.4, 0.5) is 0 Å². The number of hydrogen-bond acceptors (Lipinski definition) is 1. The third-order valence-electron chi connectivity index (χ3n) is 3.85.